The molecule has 0 rings (SSSR count). The molecule has 0 heterocycles. The minimum absolute atomic E-state index is 0.0196. The molecule has 0 aromatic rings. The quantitative estimate of drug-likeness (QED) is 0.0321. The van der Waals surface area contributed by atoms with Crippen LogP contribution < -0.4 is 5.32 Å². The summed E-state index contributed by atoms with van der Waals surface area (Å²) in [6.07, 6.45) is 73.1. The molecule has 0 aromatic carbocycles. The van der Waals surface area contributed by atoms with Crippen molar-refractivity contribution in [2.24, 2.45) is 0 Å². The predicted octanol–water partition coefficient (Wildman–Crippen LogP) is 17.1. The Morgan fingerprint density at radius 2 is 0.836 bits per heavy atom. The summed E-state index contributed by atoms with van der Waals surface area (Å²) in [7, 11) is 0. The first-order valence-corrected chi connectivity index (χ1v) is 27.6. The molecule has 0 saturated heterocycles. The van der Waals surface area contributed by atoms with Gasteiger partial charge >= 0.3 is 5.97 Å². The van der Waals surface area contributed by atoms with Gasteiger partial charge in [-0.05, 0) is 89.9 Å². The van der Waals surface area contributed by atoms with Crippen LogP contribution >= 0.6 is 0 Å². The first kappa shape index (κ1) is 63.5. The zero-order valence-electron chi connectivity index (χ0n) is 43.5. The highest BCUT2D eigenvalue weighted by Gasteiger charge is 2.23. The van der Waals surface area contributed by atoms with Gasteiger partial charge in [0, 0.05) is 12.8 Å². The van der Waals surface area contributed by atoms with Crippen molar-refractivity contribution in [3.05, 3.63) is 109 Å². The Hall–Kier alpha value is -3.48. The Kier molecular flexibility index (Phi) is 50.7. The number of unbranched alkanes of at least 4 members (excludes halogenated alkanes) is 19. The minimum Gasteiger partial charge on any atom is -0.461 e. The third-order valence-electron chi connectivity index (χ3n) is 11.8. The van der Waals surface area contributed by atoms with E-state index in [1.165, 1.54) is 96.3 Å². The lowest BCUT2D eigenvalue weighted by Gasteiger charge is -2.24. The summed E-state index contributed by atoms with van der Waals surface area (Å²) in [6, 6.07) is -0.746. The highest BCUT2D eigenvalue weighted by Crippen LogP contribution is 2.16. The van der Waals surface area contributed by atoms with Crippen LogP contribution in [-0.2, 0) is 14.3 Å². The summed E-state index contributed by atoms with van der Waals surface area (Å²) >= 11 is 0. The monoisotopic (exact) mass is 930 g/mol. The van der Waals surface area contributed by atoms with Crippen LogP contribution in [0, 0.1) is 0 Å². The van der Waals surface area contributed by atoms with Crippen molar-refractivity contribution in [1.82, 2.24) is 5.32 Å². The number of rotatable bonds is 48. The van der Waals surface area contributed by atoms with E-state index in [4.69, 9.17) is 4.74 Å². The summed E-state index contributed by atoms with van der Waals surface area (Å²) in [5, 5.41) is 23.8. The Labute approximate surface area is 413 Å². The molecule has 67 heavy (non-hydrogen) atoms. The summed E-state index contributed by atoms with van der Waals surface area (Å²) in [5.41, 5.74) is 0. The molecule has 3 atom stereocenters. The SMILES string of the molecule is CC/C=C\C/C=C\C/C=C\C/C=C\C/C=C\CC(CC(=O)NC(CO)C(O)CCCCCCCCCCCCCCCC)OC(=O)CCCCC/C=C\C/C=C\C/C=C\C/C=C\CCCCC. The van der Waals surface area contributed by atoms with E-state index in [-0.39, 0.29) is 24.9 Å². The van der Waals surface area contributed by atoms with Gasteiger partial charge in [0.05, 0.1) is 25.2 Å². The lowest BCUT2D eigenvalue weighted by molar-refractivity contribution is -0.150. The molecule has 3 unspecified atom stereocenters. The number of aliphatic hydroxyl groups is 2. The Balaban J connectivity index is 4.76. The van der Waals surface area contributed by atoms with Crippen LogP contribution in [0.5, 0.6) is 0 Å². The van der Waals surface area contributed by atoms with E-state index < -0.39 is 18.2 Å². The molecule has 0 saturated carbocycles. The van der Waals surface area contributed by atoms with Gasteiger partial charge in [-0.15, -0.1) is 0 Å². The van der Waals surface area contributed by atoms with E-state index >= 15 is 0 Å². The zero-order valence-corrected chi connectivity index (χ0v) is 43.5. The maximum Gasteiger partial charge on any atom is 0.306 e. The minimum atomic E-state index is -0.825. The smallest absolute Gasteiger partial charge is 0.306 e. The van der Waals surface area contributed by atoms with Crippen LogP contribution in [0.1, 0.15) is 239 Å². The van der Waals surface area contributed by atoms with Crippen LogP contribution in [0.15, 0.2) is 109 Å². The molecule has 1 amide bonds. The van der Waals surface area contributed by atoms with Gasteiger partial charge in [-0.1, -0.05) is 239 Å². The normalized spacial score (nSPS) is 14.0. The van der Waals surface area contributed by atoms with Crippen molar-refractivity contribution in [3.8, 4) is 0 Å². The maximum absolute atomic E-state index is 13.2. The fourth-order valence-electron chi connectivity index (χ4n) is 7.67. The molecule has 0 bridgehead atoms. The summed E-state index contributed by atoms with van der Waals surface area (Å²) in [5.74, 6) is -0.623. The largest absolute Gasteiger partial charge is 0.461 e. The van der Waals surface area contributed by atoms with E-state index in [1.54, 1.807) is 0 Å². The number of carbonyl (C=O) groups excluding carboxylic acids is 2. The molecular weight excluding hydrogens is 827 g/mol. The van der Waals surface area contributed by atoms with Crippen molar-refractivity contribution >= 4 is 11.9 Å². The number of aliphatic hydroxyl groups excluding tert-OH is 2. The number of carbonyl (C=O) groups is 2. The summed E-state index contributed by atoms with van der Waals surface area (Å²) < 4.78 is 5.87. The van der Waals surface area contributed by atoms with Gasteiger partial charge in [-0.3, -0.25) is 9.59 Å². The molecular formula is C61H103NO5. The van der Waals surface area contributed by atoms with Gasteiger partial charge in [0.25, 0.3) is 0 Å². The van der Waals surface area contributed by atoms with Crippen molar-refractivity contribution < 1.29 is 24.5 Å². The number of esters is 1. The highest BCUT2D eigenvalue weighted by atomic mass is 16.5. The standard InChI is InChI=1S/C61H103NO5/c1-4-7-10-13-16-19-22-25-28-29-30-31-33-36-39-42-45-48-51-54-61(66)67-57(52-49-46-43-40-37-34-32-26-23-20-17-14-11-8-5-2)55-60(65)62-58(56-63)59(64)53-50-47-44-41-38-35-27-24-21-18-15-12-9-6-3/h8,11,16-17,19-20,25-26,28,30-32,36-37,39-40,46,49,57-59,63-64H,4-7,9-10,12-15,18,21-24,27,29,33-35,38,41-45,47-48,50-56H2,1-3H3,(H,62,65)/b11-8-,19-16-,20-17-,28-25-,31-30-,32-26-,39-36-,40-37-,49-46-. The summed E-state index contributed by atoms with van der Waals surface area (Å²) in [4.78, 5) is 26.2. The van der Waals surface area contributed by atoms with E-state index in [0.717, 1.165) is 96.3 Å². The van der Waals surface area contributed by atoms with Crippen molar-refractivity contribution in [2.75, 3.05) is 6.61 Å². The van der Waals surface area contributed by atoms with E-state index in [9.17, 15) is 19.8 Å². The second kappa shape index (κ2) is 53.5. The fraction of sp³-hybridized carbons (Fsp3) is 0.672. The van der Waals surface area contributed by atoms with Gasteiger partial charge in [0.15, 0.2) is 0 Å². The van der Waals surface area contributed by atoms with Gasteiger partial charge in [0.2, 0.25) is 5.91 Å². The number of ether oxygens (including phenoxy) is 1. The Morgan fingerprint density at radius 1 is 0.463 bits per heavy atom. The van der Waals surface area contributed by atoms with Crippen LogP contribution in [-0.4, -0.2) is 46.9 Å². The van der Waals surface area contributed by atoms with Crippen LogP contribution in [0.25, 0.3) is 0 Å². The van der Waals surface area contributed by atoms with Crippen molar-refractivity contribution in [2.45, 2.75) is 257 Å². The molecule has 3 N–H and O–H groups in total. The predicted molar refractivity (Wildman–Crippen MR) is 291 cm³/mol. The molecule has 0 aromatic heterocycles. The van der Waals surface area contributed by atoms with E-state index in [2.05, 4.69) is 123 Å². The van der Waals surface area contributed by atoms with Crippen LogP contribution in [0.2, 0.25) is 0 Å². The van der Waals surface area contributed by atoms with Crippen molar-refractivity contribution in [3.63, 3.8) is 0 Å². The average molecular weight is 930 g/mol. The van der Waals surface area contributed by atoms with Crippen LogP contribution in [0.3, 0.4) is 0 Å². The molecule has 0 radical (unpaired) electrons. The van der Waals surface area contributed by atoms with E-state index in [0.29, 0.717) is 19.3 Å². The molecule has 0 spiro atoms. The van der Waals surface area contributed by atoms with Gasteiger partial charge in [-0.2, -0.15) is 0 Å². The third kappa shape index (κ3) is 48.8. The van der Waals surface area contributed by atoms with E-state index in [1.807, 2.05) is 12.2 Å². The molecule has 6 heteroatoms. The zero-order chi connectivity index (χ0) is 48.8. The molecule has 0 fully saturated rings. The number of allylic oxidation sites excluding steroid dienone is 17. The fourth-order valence-corrected chi connectivity index (χ4v) is 7.67. The number of amides is 1. The molecule has 0 aliphatic carbocycles. The Morgan fingerprint density at radius 3 is 1.28 bits per heavy atom. The average Bonchev–Trinajstić information content (AvgIpc) is 3.32. The first-order chi connectivity index (χ1) is 33.0. The molecule has 6 nitrogen and oxygen atoms in total. The lowest BCUT2D eigenvalue weighted by Crippen LogP contribution is -2.46. The highest BCUT2D eigenvalue weighted by molar-refractivity contribution is 5.77. The van der Waals surface area contributed by atoms with Gasteiger partial charge in [0.1, 0.15) is 6.10 Å². The third-order valence-corrected chi connectivity index (χ3v) is 11.8. The van der Waals surface area contributed by atoms with Gasteiger partial charge < -0.3 is 20.3 Å². The topological polar surface area (TPSA) is 95.9 Å². The molecule has 0 aliphatic rings. The number of hydrogen-bond acceptors (Lipinski definition) is 5. The number of nitrogens with one attached hydrogen (secondary N) is 1. The maximum atomic E-state index is 13.2. The first-order valence-electron chi connectivity index (χ1n) is 27.6. The number of hydrogen-bond donors (Lipinski definition) is 3. The van der Waals surface area contributed by atoms with Crippen molar-refractivity contribution in [1.29, 1.82) is 0 Å². The van der Waals surface area contributed by atoms with Crippen LogP contribution in [0.4, 0.5) is 0 Å². The summed E-state index contributed by atoms with van der Waals surface area (Å²) in [6.45, 7) is 6.31. The molecule has 0 aliphatic heterocycles. The Bertz CT molecular complexity index is 1370. The second-order valence-electron chi connectivity index (χ2n) is 18.3. The molecule has 382 valence electrons. The second-order valence-corrected chi connectivity index (χ2v) is 18.3. The lowest BCUT2D eigenvalue weighted by atomic mass is 10.0. The van der Waals surface area contributed by atoms with Gasteiger partial charge in [-0.25, -0.2) is 0 Å².